The zero-order chi connectivity index (χ0) is 14.0. The number of rotatable bonds is 3. The Morgan fingerprint density at radius 3 is 3.05 bits per heavy atom. The molecule has 0 aromatic carbocycles. The van der Waals surface area contributed by atoms with Crippen molar-refractivity contribution < 1.29 is 9.53 Å². The van der Waals surface area contributed by atoms with Crippen LogP contribution in [-0.2, 0) is 4.74 Å². The third-order valence-corrected chi connectivity index (χ3v) is 4.97. The standard InChI is InChI=1S/C14H21N3O2S/c1-10-17-12(9-20-10)13(18)16-8-11-2-3-14(19-11)4-6-15-7-5-14/h9,11,15H,2-8H2,1H3,(H,16,18)/t11-/m0/s1. The quantitative estimate of drug-likeness (QED) is 0.886. The van der Waals surface area contributed by atoms with Crippen LogP contribution in [0.4, 0.5) is 0 Å². The second-order valence-electron chi connectivity index (χ2n) is 5.67. The monoisotopic (exact) mass is 295 g/mol. The predicted molar refractivity (Wildman–Crippen MR) is 78.1 cm³/mol. The smallest absolute Gasteiger partial charge is 0.270 e. The van der Waals surface area contributed by atoms with Crippen LogP contribution in [0.3, 0.4) is 0 Å². The zero-order valence-corrected chi connectivity index (χ0v) is 12.6. The number of carbonyl (C=O) groups excluding carboxylic acids is 1. The van der Waals surface area contributed by atoms with E-state index in [9.17, 15) is 4.79 Å². The van der Waals surface area contributed by atoms with Gasteiger partial charge in [-0.1, -0.05) is 0 Å². The summed E-state index contributed by atoms with van der Waals surface area (Å²) < 4.78 is 6.21. The van der Waals surface area contributed by atoms with E-state index >= 15 is 0 Å². The van der Waals surface area contributed by atoms with Crippen molar-refractivity contribution in [1.82, 2.24) is 15.6 Å². The van der Waals surface area contributed by atoms with Crippen molar-refractivity contribution in [3.05, 3.63) is 16.1 Å². The maximum absolute atomic E-state index is 12.0. The van der Waals surface area contributed by atoms with Crippen molar-refractivity contribution in [2.75, 3.05) is 19.6 Å². The first kappa shape index (κ1) is 14.0. The zero-order valence-electron chi connectivity index (χ0n) is 11.8. The van der Waals surface area contributed by atoms with Gasteiger partial charge in [-0.2, -0.15) is 0 Å². The number of nitrogens with zero attached hydrogens (tertiary/aromatic N) is 1. The minimum Gasteiger partial charge on any atom is -0.370 e. The van der Waals surface area contributed by atoms with Gasteiger partial charge >= 0.3 is 0 Å². The summed E-state index contributed by atoms with van der Waals surface area (Å²) >= 11 is 1.50. The second kappa shape index (κ2) is 5.79. The van der Waals surface area contributed by atoms with Gasteiger partial charge in [-0.15, -0.1) is 11.3 Å². The van der Waals surface area contributed by atoms with Gasteiger partial charge in [0.1, 0.15) is 5.69 Å². The van der Waals surface area contributed by atoms with E-state index in [0.29, 0.717) is 12.2 Å². The molecule has 1 atom stereocenters. The average molecular weight is 295 g/mol. The topological polar surface area (TPSA) is 63.2 Å². The molecule has 0 aliphatic carbocycles. The highest BCUT2D eigenvalue weighted by Crippen LogP contribution is 2.36. The van der Waals surface area contributed by atoms with Crippen LogP contribution in [0.25, 0.3) is 0 Å². The van der Waals surface area contributed by atoms with Crippen molar-refractivity contribution >= 4 is 17.2 Å². The van der Waals surface area contributed by atoms with Gasteiger partial charge in [0.05, 0.1) is 16.7 Å². The Labute approximate surface area is 123 Å². The van der Waals surface area contributed by atoms with Crippen LogP contribution < -0.4 is 10.6 Å². The van der Waals surface area contributed by atoms with Crippen LogP contribution in [-0.4, -0.2) is 42.2 Å². The van der Waals surface area contributed by atoms with Crippen LogP contribution in [0.5, 0.6) is 0 Å². The van der Waals surface area contributed by atoms with Gasteiger partial charge in [-0.3, -0.25) is 4.79 Å². The van der Waals surface area contributed by atoms with E-state index in [1.165, 1.54) is 11.3 Å². The lowest BCUT2D eigenvalue weighted by molar-refractivity contribution is -0.0576. The summed E-state index contributed by atoms with van der Waals surface area (Å²) in [4.78, 5) is 16.1. The number of aryl methyl sites for hydroxylation is 1. The van der Waals surface area contributed by atoms with Crippen LogP contribution in [0.15, 0.2) is 5.38 Å². The molecule has 2 fully saturated rings. The Balaban J connectivity index is 1.49. The largest absolute Gasteiger partial charge is 0.370 e. The van der Waals surface area contributed by atoms with Crippen molar-refractivity contribution in [3.63, 3.8) is 0 Å². The van der Waals surface area contributed by atoms with E-state index in [0.717, 1.165) is 43.8 Å². The second-order valence-corrected chi connectivity index (χ2v) is 6.74. The van der Waals surface area contributed by atoms with E-state index in [1.54, 1.807) is 5.38 Å². The van der Waals surface area contributed by atoms with Gasteiger partial charge in [0.2, 0.25) is 0 Å². The number of piperidine rings is 1. The maximum atomic E-state index is 12.0. The fourth-order valence-corrected chi connectivity index (χ4v) is 3.65. The summed E-state index contributed by atoms with van der Waals surface area (Å²) in [6.45, 7) is 4.57. The van der Waals surface area contributed by atoms with Crippen molar-refractivity contribution in [1.29, 1.82) is 0 Å². The highest BCUT2D eigenvalue weighted by atomic mass is 32.1. The fraction of sp³-hybridized carbons (Fsp3) is 0.714. The van der Waals surface area contributed by atoms with Gasteiger partial charge in [-0.05, 0) is 45.7 Å². The molecule has 1 amide bonds. The first-order valence-corrected chi connectivity index (χ1v) is 8.14. The van der Waals surface area contributed by atoms with Gasteiger partial charge in [0, 0.05) is 11.9 Å². The predicted octanol–water partition coefficient (Wildman–Crippen LogP) is 1.48. The number of thiazole rings is 1. The number of amides is 1. The summed E-state index contributed by atoms with van der Waals surface area (Å²) in [5.74, 6) is -0.0933. The Bertz CT molecular complexity index is 483. The highest BCUT2D eigenvalue weighted by molar-refractivity contribution is 7.09. The molecule has 3 rings (SSSR count). The molecule has 3 heterocycles. The summed E-state index contributed by atoms with van der Waals surface area (Å²) in [7, 11) is 0. The first-order valence-electron chi connectivity index (χ1n) is 7.26. The summed E-state index contributed by atoms with van der Waals surface area (Å²) in [6.07, 6.45) is 4.48. The minimum absolute atomic E-state index is 0.0673. The van der Waals surface area contributed by atoms with E-state index < -0.39 is 0 Å². The lowest BCUT2D eigenvalue weighted by Gasteiger charge is -2.33. The summed E-state index contributed by atoms with van der Waals surface area (Å²) in [5, 5.41) is 9.03. The summed E-state index contributed by atoms with van der Waals surface area (Å²) in [5.41, 5.74) is 0.583. The molecule has 0 radical (unpaired) electrons. The normalized spacial score (nSPS) is 24.9. The van der Waals surface area contributed by atoms with E-state index in [2.05, 4.69) is 15.6 Å². The van der Waals surface area contributed by atoms with Gasteiger partial charge < -0.3 is 15.4 Å². The number of hydrogen-bond acceptors (Lipinski definition) is 5. The molecule has 0 unspecified atom stereocenters. The SMILES string of the molecule is Cc1nc(C(=O)NC[C@@H]2CCC3(CCNCC3)O2)cs1. The van der Waals surface area contributed by atoms with Crippen LogP contribution in [0.1, 0.15) is 41.2 Å². The molecule has 1 spiro atoms. The highest BCUT2D eigenvalue weighted by Gasteiger charge is 2.40. The molecule has 6 heteroatoms. The number of hydrogen-bond donors (Lipinski definition) is 2. The summed E-state index contributed by atoms with van der Waals surface area (Å²) in [6, 6.07) is 0. The van der Waals surface area contributed by atoms with Crippen molar-refractivity contribution in [2.24, 2.45) is 0 Å². The molecule has 1 aromatic heterocycles. The Morgan fingerprint density at radius 2 is 2.35 bits per heavy atom. The van der Waals surface area contributed by atoms with E-state index in [-0.39, 0.29) is 17.6 Å². The van der Waals surface area contributed by atoms with Gasteiger partial charge in [0.15, 0.2) is 0 Å². The molecule has 0 saturated carbocycles. The molecule has 110 valence electrons. The van der Waals surface area contributed by atoms with Crippen molar-refractivity contribution in [3.8, 4) is 0 Å². The molecule has 1 aromatic rings. The molecule has 2 aliphatic heterocycles. The Hall–Kier alpha value is -0.980. The van der Waals surface area contributed by atoms with Crippen molar-refractivity contribution in [2.45, 2.75) is 44.3 Å². The Kier molecular flexibility index (Phi) is 4.05. The molecule has 0 bridgehead atoms. The minimum atomic E-state index is -0.0933. The molecular weight excluding hydrogens is 274 g/mol. The first-order chi connectivity index (χ1) is 9.67. The molecule has 2 N–H and O–H groups in total. The van der Waals surface area contributed by atoms with E-state index in [1.807, 2.05) is 6.92 Å². The number of carbonyl (C=O) groups is 1. The van der Waals surface area contributed by atoms with Crippen LogP contribution in [0, 0.1) is 6.92 Å². The van der Waals surface area contributed by atoms with Gasteiger partial charge in [0.25, 0.3) is 5.91 Å². The number of nitrogens with one attached hydrogen (secondary N) is 2. The average Bonchev–Trinajstić information content (AvgIpc) is 3.05. The Morgan fingerprint density at radius 1 is 1.55 bits per heavy atom. The number of ether oxygens (including phenoxy) is 1. The van der Waals surface area contributed by atoms with Crippen LogP contribution in [0.2, 0.25) is 0 Å². The van der Waals surface area contributed by atoms with Crippen LogP contribution >= 0.6 is 11.3 Å². The third-order valence-electron chi connectivity index (χ3n) is 4.20. The molecule has 2 aliphatic rings. The fourth-order valence-electron chi connectivity index (χ4n) is 3.05. The third kappa shape index (κ3) is 3.02. The van der Waals surface area contributed by atoms with E-state index in [4.69, 9.17) is 4.74 Å². The lowest BCUT2D eigenvalue weighted by Crippen LogP contribution is -2.43. The lowest BCUT2D eigenvalue weighted by atomic mass is 9.89. The maximum Gasteiger partial charge on any atom is 0.270 e. The molecule has 20 heavy (non-hydrogen) atoms. The number of aromatic nitrogens is 1. The molecule has 5 nitrogen and oxygen atoms in total. The van der Waals surface area contributed by atoms with Gasteiger partial charge in [-0.25, -0.2) is 4.98 Å². The molecular formula is C14H21N3O2S. The molecule has 2 saturated heterocycles.